The first-order valence-electron chi connectivity index (χ1n) is 18.0. The first-order valence-corrected chi connectivity index (χ1v) is 19.6. The highest BCUT2D eigenvalue weighted by Crippen LogP contribution is 2.13. The minimum absolute atomic E-state index is 0.241. The van der Waals surface area contributed by atoms with Gasteiger partial charge in [-0.2, -0.15) is 8.42 Å². The number of carbonyl (C=O) groups is 1. The molecule has 0 radical (unpaired) electrons. The van der Waals surface area contributed by atoms with Gasteiger partial charge in [-0.25, -0.2) is 0 Å². The Bertz CT molecular complexity index is 936. The van der Waals surface area contributed by atoms with Crippen LogP contribution in [0.4, 0.5) is 0 Å². The van der Waals surface area contributed by atoms with Crippen molar-refractivity contribution in [3.8, 4) is 0 Å². The van der Waals surface area contributed by atoms with Crippen LogP contribution in [0.1, 0.15) is 155 Å². The van der Waals surface area contributed by atoms with Crippen molar-refractivity contribution in [3.05, 3.63) is 60.8 Å². The molecule has 0 aromatic heterocycles. The Morgan fingerprint density at radius 2 is 1.07 bits per heavy atom. The van der Waals surface area contributed by atoms with Crippen LogP contribution in [-0.2, 0) is 14.9 Å². The fourth-order valence-electron chi connectivity index (χ4n) is 5.03. The maximum Gasteiger partial charge on any atom is 0.267 e. The zero-order chi connectivity index (χ0) is 33.3. The smallest absolute Gasteiger partial charge is 0.267 e. The fraction of sp³-hybridized carbons (Fsp3) is 0.711. The summed E-state index contributed by atoms with van der Waals surface area (Å²) in [4.78, 5) is 12.4. The molecule has 0 aliphatic rings. The van der Waals surface area contributed by atoms with Gasteiger partial charge in [0.05, 0.1) is 17.9 Å². The SMILES string of the molecule is CC/C=C\C/C=C\C/C=C\C/C=C\CCCCC(=O)NC(CS(=O)(=O)O)C(O)/C=C/CCCCCCCCCCCCCCC. The number of aliphatic hydroxyl groups is 1. The maximum absolute atomic E-state index is 12.4. The van der Waals surface area contributed by atoms with E-state index in [1.54, 1.807) is 0 Å². The molecule has 0 rings (SSSR count). The molecule has 0 saturated carbocycles. The molecular weight excluding hydrogens is 582 g/mol. The quantitative estimate of drug-likeness (QED) is 0.0394. The highest BCUT2D eigenvalue weighted by Gasteiger charge is 2.24. The van der Waals surface area contributed by atoms with E-state index in [0.717, 1.165) is 57.8 Å². The maximum atomic E-state index is 12.4. The van der Waals surface area contributed by atoms with Crippen molar-refractivity contribution in [2.75, 3.05) is 5.75 Å². The molecule has 1 amide bonds. The van der Waals surface area contributed by atoms with Gasteiger partial charge in [0.2, 0.25) is 5.91 Å². The first-order chi connectivity index (χ1) is 21.8. The molecule has 0 aromatic carbocycles. The Balaban J connectivity index is 4.10. The molecule has 2 unspecified atom stereocenters. The molecule has 0 heterocycles. The molecule has 7 heteroatoms. The fourth-order valence-corrected chi connectivity index (χ4v) is 5.76. The molecule has 0 spiro atoms. The van der Waals surface area contributed by atoms with E-state index >= 15 is 0 Å². The van der Waals surface area contributed by atoms with Gasteiger partial charge in [-0.3, -0.25) is 9.35 Å². The summed E-state index contributed by atoms with van der Waals surface area (Å²) in [6.07, 6.45) is 43.4. The Kier molecular flexibility index (Phi) is 30.6. The molecule has 0 aliphatic carbocycles. The van der Waals surface area contributed by atoms with E-state index in [1.165, 1.54) is 76.7 Å². The van der Waals surface area contributed by atoms with Gasteiger partial charge in [-0.15, -0.1) is 0 Å². The molecule has 0 fully saturated rings. The molecule has 0 saturated heterocycles. The highest BCUT2D eigenvalue weighted by molar-refractivity contribution is 7.85. The zero-order valence-electron chi connectivity index (χ0n) is 28.7. The lowest BCUT2D eigenvalue weighted by molar-refractivity contribution is -0.122. The second-order valence-corrected chi connectivity index (χ2v) is 13.6. The van der Waals surface area contributed by atoms with Gasteiger partial charge in [-0.1, -0.05) is 152 Å². The van der Waals surface area contributed by atoms with Crippen molar-refractivity contribution in [2.45, 2.75) is 167 Å². The predicted octanol–water partition coefficient (Wildman–Crippen LogP) is 10.1. The van der Waals surface area contributed by atoms with Crippen LogP contribution in [0.5, 0.6) is 0 Å². The Hall–Kier alpha value is -1.96. The average molecular weight is 650 g/mol. The van der Waals surface area contributed by atoms with Crippen LogP contribution in [0.2, 0.25) is 0 Å². The summed E-state index contributed by atoms with van der Waals surface area (Å²) in [7, 11) is -4.35. The van der Waals surface area contributed by atoms with Gasteiger partial charge in [0.25, 0.3) is 10.1 Å². The molecule has 45 heavy (non-hydrogen) atoms. The number of amides is 1. The molecule has 2 atom stereocenters. The molecule has 0 aromatic rings. The minimum Gasteiger partial charge on any atom is -0.387 e. The lowest BCUT2D eigenvalue weighted by Gasteiger charge is -2.21. The summed E-state index contributed by atoms with van der Waals surface area (Å²) in [5, 5.41) is 13.1. The van der Waals surface area contributed by atoms with Crippen LogP contribution < -0.4 is 5.32 Å². The van der Waals surface area contributed by atoms with E-state index in [9.17, 15) is 22.9 Å². The van der Waals surface area contributed by atoms with Gasteiger partial charge in [0.15, 0.2) is 0 Å². The van der Waals surface area contributed by atoms with Gasteiger partial charge >= 0.3 is 0 Å². The molecule has 260 valence electrons. The van der Waals surface area contributed by atoms with Crippen molar-refractivity contribution in [3.63, 3.8) is 0 Å². The third kappa shape index (κ3) is 33.2. The summed E-state index contributed by atoms with van der Waals surface area (Å²) >= 11 is 0. The summed E-state index contributed by atoms with van der Waals surface area (Å²) < 4.78 is 32.3. The van der Waals surface area contributed by atoms with E-state index in [2.05, 4.69) is 67.8 Å². The molecule has 6 nitrogen and oxygen atoms in total. The van der Waals surface area contributed by atoms with Crippen LogP contribution in [-0.4, -0.2) is 41.9 Å². The van der Waals surface area contributed by atoms with Crippen molar-refractivity contribution in [2.24, 2.45) is 0 Å². The monoisotopic (exact) mass is 649 g/mol. The lowest BCUT2D eigenvalue weighted by atomic mass is 10.0. The predicted molar refractivity (Wildman–Crippen MR) is 193 cm³/mol. The van der Waals surface area contributed by atoms with Gasteiger partial charge in [-0.05, 0) is 57.8 Å². The van der Waals surface area contributed by atoms with Crippen LogP contribution >= 0.6 is 0 Å². The van der Waals surface area contributed by atoms with Crippen molar-refractivity contribution < 1.29 is 22.9 Å². The number of carbonyl (C=O) groups excluding carboxylic acids is 1. The van der Waals surface area contributed by atoms with Crippen molar-refractivity contribution in [1.82, 2.24) is 5.32 Å². The van der Waals surface area contributed by atoms with E-state index in [-0.39, 0.29) is 12.3 Å². The van der Waals surface area contributed by atoms with Crippen molar-refractivity contribution >= 4 is 16.0 Å². The van der Waals surface area contributed by atoms with Crippen LogP contribution in [0.25, 0.3) is 0 Å². The zero-order valence-corrected chi connectivity index (χ0v) is 29.5. The third-order valence-electron chi connectivity index (χ3n) is 7.70. The van der Waals surface area contributed by atoms with Crippen LogP contribution in [0.15, 0.2) is 60.8 Å². The highest BCUT2D eigenvalue weighted by atomic mass is 32.2. The van der Waals surface area contributed by atoms with E-state index in [1.807, 2.05) is 6.08 Å². The molecule has 0 bridgehead atoms. The Morgan fingerprint density at radius 3 is 1.58 bits per heavy atom. The normalized spacial score (nSPS) is 14.1. The van der Waals surface area contributed by atoms with Crippen LogP contribution in [0.3, 0.4) is 0 Å². The summed E-state index contributed by atoms with van der Waals surface area (Å²) in [6.45, 7) is 4.38. The largest absolute Gasteiger partial charge is 0.387 e. The van der Waals surface area contributed by atoms with Gasteiger partial charge in [0.1, 0.15) is 0 Å². The summed E-state index contributed by atoms with van der Waals surface area (Å²) in [5.74, 6) is -1.04. The third-order valence-corrected chi connectivity index (χ3v) is 8.48. The Morgan fingerprint density at radius 1 is 0.622 bits per heavy atom. The summed E-state index contributed by atoms with van der Waals surface area (Å²) in [5.41, 5.74) is 0. The number of aliphatic hydroxyl groups excluding tert-OH is 1. The number of hydrogen-bond donors (Lipinski definition) is 3. The summed E-state index contributed by atoms with van der Waals surface area (Å²) in [6, 6.07) is -1.08. The van der Waals surface area contributed by atoms with E-state index < -0.39 is 28.0 Å². The minimum atomic E-state index is -4.35. The van der Waals surface area contributed by atoms with Gasteiger partial charge in [0, 0.05) is 6.42 Å². The first kappa shape index (κ1) is 43.0. The average Bonchev–Trinajstić information content (AvgIpc) is 3.00. The van der Waals surface area contributed by atoms with E-state index in [0.29, 0.717) is 6.42 Å². The number of rotatable bonds is 31. The number of nitrogens with one attached hydrogen (secondary N) is 1. The number of hydrogen-bond acceptors (Lipinski definition) is 4. The van der Waals surface area contributed by atoms with E-state index in [4.69, 9.17) is 0 Å². The molecule has 0 aliphatic heterocycles. The second kappa shape index (κ2) is 32.0. The van der Waals surface area contributed by atoms with Gasteiger partial charge < -0.3 is 10.4 Å². The topological polar surface area (TPSA) is 104 Å². The number of unbranched alkanes of at least 4 members (excludes halogenated alkanes) is 15. The lowest BCUT2D eigenvalue weighted by Crippen LogP contribution is -2.46. The van der Waals surface area contributed by atoms with Crippen molar-refractivity contribution in [1.29, 1.82) is 0 Å². The molecular formula is C38H67NO5S. The molecule has 3 N–H and O–H groups in total. The standard InChI is InChI=1S/C38H67NO5S/c1-3-5-7-9-11-13-15-17-19-21-23-25-27-29-31-33-37(40)36(35-45(42,43)44)39-38(41)34-32-30-28-26-24-22-20-18-16-14-12-10-8-6-4-2/h6,8,12,14,18,20,24,26,31,33,36-37,40H,3-5,7,9-11,13,15-17,19,21-23,25,27-30,32,34-35H2,1-2H3,(H,39,41)(H,42,43,44)/b8-6-,14-12-,20-18-,26-24-,33-31+. The second-order valence-electron chi connectivity index (χ2n) is 12.1. The number of allylic oxidation sites excluding steroid dienone is 9. The van der Waals surface area contributed by atoms with Crippen LogP contribution in [0, 0.1) is 0 Å². The Labute approximate surface area is 277 Å².